The maximum absolute atomic E-state index is 13.1. The highest BCUT2D eigenvalue weighted by atomic mass is 79.9. The molecule has 0 aliphatic heterocycles. The van der Waals surface area contributed by atoms with E-state index in [-0.39, 0.29) is 11.5 Å². The van der Waals surface area contributed by atoms with Crippen LogP contribution in [0.25, 0.3) is 0 Å². The smallest absolute Gasteiger partial charge is 0.207 e. The van der Waals surface area contributed by atoms with Crippen molar-refractivity contribution >= 4 is 26.0 Å². The number of rotatable bonds is 9. The van der Waals surface area contributed by atoms with Crippen LogP contribution in [0.15, 0.2) is 45.8 Å². The van der Waals surface area contributed by atoms with E-state index in [9.17, 15) is 8.42 Å². The fourth-order valence-electron chi connectivity index (χ4n) is 5.24. The number of sulfonamides is 1. The number of nitrogens with one attached hydrogen (secondary N) is 2. The number of halogens is 1. The summed E-state index contributed by atoms with van der Waals surface area (Å²) in [5, 5.41) is 14.0. The molecule has 31 heavy (non-hydrogen) atoms. The average molecular weight is 508 g/mol. The zero-order valence-electron chi connectivity index (χ0n) is 18.0. The van der Waals surface area contributed by atoms with E-state index in [0.29, 0.717) is 22.6 Å². The molecule has 2 bridgehead atoms. The minimum absolute atomic E-state index is 0.0300. The zero-order valence-corrected chi connectivity index (χ0v) is 20.4. The van der Waals surface area contributed by atoms with E-state index in [2.05, 4.69) is 67.3 Å². The summed E-state index contributed by atoms with van der Waals surface area (Å²) in [5.74, 6) is 2.14. The Hall–Kier alpha value is -1.58. The molecule has 4 atom stereocenters. The van der Waals surface area contributed by atoms with Gasteiger partial charge in [0, 0.05) is 16.9 Å². The number of H-pyrrole nitrogens is 1. The molecule has 0 spiro atoms. The summed E-state index contributed by atoms with van der Waals surface area (Å²) in [4.78, 5) is 0.325. The molecule has 1 aromatic heterocycles. The Morgan fingerprint density at radius 1 is 1.23 bits per heavy atom. The summed E-state index contributed by atoms with van der Waals surface area (Å²) >= 11 is 3.37. The van der Waals surface area contributed by atoms with Crippen LogP contribution in [0.5, 0.6) is 0 Å². The van der Waals surface area contributed by atoms with Gasteiger partial charge in [0.05, 0.1) is 4.90 Å². The van der Waals surface area contributed by atoms with Crippen LogP contribution in [0.3, 0.4) is 0 Å². The van der Waals surface area contributed by atoms with Gasteiger partial charge in [0.1, 0.15) is 0 Å². The predicted molar refractivity (Wildman–Crippen MR) is 123 cm³/mol. The number of aryl methyl sites for hydroxylation is 1. The molecule has 3 aliphatic rings. The molecule has 1 heterocycles. The first-order valence-corrected chi connectivity index (χ1v) is 13.2. The van der Waals surface area contributed by atoms with Gasteiger partial charge in [-0.2, -0.15) is 5.21 Å². The van der Waals surface area contributed by atoms with Crippen molar-refractivity contribution in [1.29, 1.82) is 0 Å². The Balaban J connectivity index is 1.39. The lowest BCUT2D eigenvalue weighted by molar-refractivity contribution is -0.108. The molecule has 0 amide bonds. The lowest BCUT2D eigenvalue weighted by Gasteiger charge is -2.62. The van der Waals surface area contributed by atoms with E-state index in [4.69, 9.17) is 0 Å². The molecule has 3 aliphatic carbocycles. The highest BCUT2D eigenvalue weighted by Crippen LogP contribution is 2.61. The maximum atomic E-state index is 13.1. The molecule has 0 unspecified atom stereocenters. The molecule has 3 saturated carbocycles. The van der Waals surface area contributed by atoms with Gasteiger partial charge in [0.15, 0.2) is 5.82 Å². The lowest BCUT2D eigenvalue weighted by Crippen LogP contribution is -2.63. The molecular weight excluding hydrogens is 478 g/mol. The fraction of sp³-hybridized carbons (Fsp3) is 0.591. The van der Waals surface area contributed by atoms with Crippen LogP contribution in [0.2, 0.25) is 0 Å². The number of hydrogen-bond donors (Lipinski definition) is 2. The molecule has 0 radical (unpaired) electrons. The number of hydrogen-bond acceptors (Lipinski definition) is 5. The first-order chi connectivity index (χ1) is 14.8. The van der Waals surface area contributed by atoms with Gasteiger partial charge >= 0.3 is 0 Å². The lowest BCUT2D eigenvalue weighted by atomic mass is 9.45. The monoisotopic (exact) mass is 507 g/mol. The van der Waals surface area contributed by atoms with Gasteiger partial charge in [0.2, 0.25) is 10.0 Å². The molecule has 1 aromatic carbocycles. The van der Waals surface area contributed by atoms with Crippen molar-refractivity contribution in [3.05, 3.63) is 46.7 Å². The minimum Gasteiger partial charge on any atom is -0.207 e. The Morgan fingerprint density at radius 3 is 2.68 bits per heavy atom. The number of aromatic amines is 1. The van der Waals surface area contributed by atoms with Crippen molar-refractivity contribution in [2.24, 2.45) is 23.2 Å². The summed E-state index contributed by atoms with van der Waals surface area (Å²) in [7, 11) is -3.55. The molecule has 2 N–H and O–H groups in total. The summed E-state index contributed by atoms with van der Waals surface area (Å²) in [6.07, 6.45) is 10.2. The largest absolute Gasteiger partial charge is 0.240 e. The summed E-state index contributed by atoms with van der Waals surface area (Å²) in [5.41, 5.74) is 0.192. The first kappa shape index (κ1) is 22.6. The molecular formula is C22H30BrN5O2S. The Kier molecular flexibility index (Phi) is 6.65. The number of tetrazole rings is 1. The van der Waals surface area contributed by atoms with Gasteiger partial charge in [-0.25, -0.2) is 13.1 Å². The summed E-state index contributed by atoms with van der Waals surface area (Å²) in [6.45, 7) is 4.58. The van der Waals surface area contributed by atoms with E-state index in [0.717, 1.165) is 48.8 Å². The second-order valence-corrected chi connectivity index (χ2v) is 12.0. The van der Waals surface area contributed by atoms with E-state index in [1.54, 1.807) is 24.3 Å². The topological polar surface area (TPSA) is 101 Å². The van der Waals surface area contributed by atoms with Crippen molar-refractivity contribution in [1.82, 2.24) is 25.3 Å². The third-order valence-corrected chi connectivity index (χ3v) is 9.26. The van der Waals surface area contributed by atoms with Gasteiger partial charge in [0.25, 0.3) is 0 Å². The summed E-state index contributed by atoms with van der Waals surface area (Å²) < 4.78 is 30.2. The van der Waals surface area contributed by atoms with Gasteiger partial charge in [-0.1, -0.05) is 47.1 Å². The predicted octanol–water partition coefficient (Wildman–Crippen LogP) is 4.26. The fourth-order valence-corrected chi connectivity index (χ4v) is 6.85. The van der Waals surface area contributed by atoms with Crippen molar-refractivity contribution in [3.63, 3.8) is 0 Å². The third kappa shape index (κ3) is 4.93. The number of aromatic nitrogens is 4. The average Bonchev–Trinajstić information content (AvgIpc) is 3.24. The number of benzene rings is 1. The van der Waals surface area contributed by atoms with Crippen LogP contribution in [0, 0.1) is 23.2 Å². The number of allylic oxidation sites excluding steroid dienone is 2. The highest BCUT2D eigenvalue weighted by molar-refractivity contribution is 9.10. The van der Waals surface area contributed by atoms with Crippen LogP contribution in [0.1, 0.15) is 51.8 Å². The minimum atomic E-state index is -3.55. The van der Waals surface area contributed by atoms with Gasteiger partial charge in [-0.3, -0.25) is 0 Å². The molecule has 9 heteroatoms. The first-order valence-electron chi connectivity index (χ1n) is 10.9. The molecule has 3 fully saturated rings. The Bertz CT molecular complexity index is 1010. The second-order valence-electron chi connectivity index (χ2n) is 9.38. The van der Waals surface area contributed by atoms with Crippen molar-refractivity contribution in [2.75, 3.05) is 0 Å². The third-order valence-electron chi connectivity index (χ3n) is 7.26. The molecule has 5 rings (SSSR count). The van der Waals surface area contributed by atoms with Crippen LogP contribution in [-0.2, 0) is 16.4 Å². The van der Waals surface area contributed by atoms with Crippen LogP contribution in [0.4, 0.5) is 0 Å². The standard InChI is InChI=1S/C22H30BrN5O2S/c1-22(2)16-13-15(7-5-3-4-6-8-20-24-27-28-25-20)21(19(22)14-16)26-31(29,30)18-11-9-17(23)10-12-18/h3,5,9-12,15-16,19,21,26H,4,6-8,13-14H2,1-2H3,(H,24,25,27,28)/t15-,16-,19-,21+/m0/s1. The zero-order chi connectivity index (χ0) is 22.1. The van der Waals surface area contributed by atoms with Crippen molar-refractivity contribution in [2.45, 2.75) is 63.3 Å². The van der Waals surface area contributed by atoms with E-state index < -0.39 is 10.0 Å². The maximum Gasteiger partial charge on any atom is 0.240 e. The molecule has 2 aromatic rings. The van der Waals surface area contributed by atoms with Gasteiger partial charge in [-0.05, 0) is 79.5 Å². The molecule has 168 valence electrons. The van der Waals surface area contributed by atoms with Crippen molar-refractivity contribution < 1.29 is 8.42 Å². The molecule has 0 saturated heterocycles. The van der Waals surface area contributed by atoms with E-state index in [1.807, 2.05) is 0 Å². The van der Waals surface area contributed by atoms with Crippen LogP contribution in [-0.4, -0.2) is 35.1 Å². The Morgan fingerprint density at radius 2 is 2.00 bits per heavy atom. The number of fused-ring (bicyclic) bond motifs is 2. The Labute approximate surface area is 192 Å². The highest BCUT2D eigenvalue weighted by Gasteiger charge is 2.58. The van der Waals surface area contributed by atoms with Gasteiger partial charge < -0.3 is 0 Å². The quantitative estimate of drug-likeness (QED) is 0.390. The number of nitrogens with zero attached hydrogens (tertiary/aromatic N) is 3. The van der Waals surface area contributed by atoms with E-state index in [1.165, 1.54) is 0 Å². The number of unbranched alkanes of at least 4 members (excludes halogenated alkanes) is 1. The molecule has 7 nitrogen and oxygen atoms in total. The normalized spacial score (nSPS) is 27.3. The van der Waals surface area contributed by atoms with Crippen LogP contribution >= 0.6 is 15.9 Å². The van der Waals surface area contributed by atoms with E-state index >= 15 is 0 Å². The van der Waals surface area contributed by atoms with Gasteiger partial charge in [-0.15, -0.1) is 10.2 Å². The SMILES string of the molecule is CC1(C)[C@H]2C[C@H](CC=CCCCc3nn[nH]n3)[C@@H](NS(=O)(=O)c3ccc(Br)cc3)[C@@H]1C2. The van der Waals surface area contributed by atoms with Crippen LogP contribution < -0.4 is 4.72 Å². The van der Waals surface area contributed by atoms with Crippen molar-refractivity contribution in [3.8, 4) is 0 Å². The summed E-state index contributed by atoms with van der Waals surface area (Å²) in [6, 6.07) is 6.82. The second kappa shape index (κ2) is 9.11.